The fraction of sp³-hybridized carbons (Fsp3) is 0.138. The number of ketones is 1. The van der Waals surface area contributed by atoms with E-state index in [4.69, 9.17) is 4.74 Å². The van der Waals surface area contributed by atoms with Crippen LogP contribution in [0.2, 0.25) is 0 Å². The molecular formula is C29H28O6. The van der Waals surface area contributed by atoms with Gasteiger partial charge in [-0.1, -0.05) is 60.7 Å². The molecule has 0 aliphatic rings. The summed E-state index contributed by atoms with van der Waals surface area (Å²) in [5.41, 5.74) is 1.57. The highest BCUT2D eigenvalue weighted by Gasteiger charge is 2.05. The number of fused-ring (bicyclic) bond motifs is 1. The van der Waals surface area contributed by atoms with Gasteiger partial charge in [0, 0.05) is 5.56 Å². The molecule has 0 fully saturated rings. The first kappa shape index (κ1) is 26.8. The zero-order valence-electron chi connectivity index (χ0n) is 20.2. The molecule has 4 aromatic rings. The maximum atomic E-state index is 11.0. The molecule has 0 unspecified atom stereocenters. The van der Waals surface area contributed by atoms with Gasteiger partial charge in [0.25, 0.3) is 0 Å². The van der Waals surface area contributed by atoms with Crippen LogP contribution in [-0.2, 0) is 9.47 Å². The summed E-state index contributed by atoms with van der Waals surface area (Å²) >= 11 is 0. The quantitative estimate of drug-likeness (QED) is 0.268. The summed E-state index contributed by atoms with van der Waals surface area (Å²) in [6, 6.07) is 29.8. The second-order valence-electron chi connectivity index (χ2n) is 7.19. The van der Waals surface area contributed by atoms with E-state index in [9.17, 15) is 14.4 Å². The number of rotatable bonds is 4. The van der Waals surface area contributed by atoms with Crippen LogP contribution in [0, 0.1) is 0 Å². The molecular weight excluding hydrogens is 444 g/mol. The topological polar surface area (TPSA) is 78.9 Å². The molecule has 6 heteroatoms. The normalized spacial score (nSPS) is 9.49. The molecule has 4 aromatic carbocycles. The largest absolute Gasteiger partial charge is 0.497 e. The predicted molar refractivity (Wildman–Crippen MR) is 136 cm³/mol. The summed E-state index contributed by atoms with van der Waals surface area (Å²) in [4.78, 5) is 32.8. The predicted octanol–water partition coefficient (Wildman–Crippen LogP) is 6.00. The van der Waals surface area contributed by atoms with Crippen molar-refractivity contribution in [2.45, 2.75) is 6.92 Å². The van der Waals surface area contributed by atoms with Crippen LogP contribution in [0.1, 0.15) is 38.0 Å². The van der Waals surface area contributed by atoms with Gasteiger partial charge in [-0.2, -0.15) is 0 Å². The number of hydrogen-bond acceptors (Lipinski definition) is 6. The van der Waals surface area contributed by atoms with E-state index < -0.39 is 5.97 Å². The van der Waals surface area contributed by atoms with E-state index in [1.54, 1.807) is 55.6 Å². The second kappa shape index (κ2) is 14.0. The Labute approximate surface area is 205 Å². The summed E-state index contributed by atoms with van der Waals surface area (Å²) in [5.74, 6) is -0.0215. The van der Waals surface area contributed by atoms with Crippen LogP contribution in [0.4, 0.5) is 0 Å². The van der Waals surface area contributed by atoms with E-state index in [2.05, 4.69) is 58.0 Å². The maximum Gasteiger partial charge on any atom is 0.337 e. The van der Waals surface area contributed by atoms with Crippen molar-refractivity contribution in [2.24, 2.45) is 0 Å². The third-order valence-electron chi connectivity index (χ3n) is 4.88. The first-order chi connectivity index (χ1) is 16.9. The molecule has 0 aliphatic carbocycles. The first-order valence-electron chi connectivity index (χ1n) is 10.7. The summed E-state index contributed by atoms with van der Waals surface area (Å²) in [5, 5.41) is 2.62. The van der Waals surface area contributed by atoms with Crippen molar-refractivity contribution in [1.29, 1.82) is 0 Å². The van der Waals surface area contributed by atoms with Crippen LogP contribution in [0.15, 0.2) is 97.1 Å². The van der Waals surface area contributed by atoms with E-state index in [-0.39, 0.29) is 11.8 Å². The van der Waals surface area contributed by atoms with Gasteiger partial charge in [0.05, 0.1) is 32.5 Å². The van der Waals surface area contributed by atoms with Gasteiger partial charge in [-0.15, -0.1) is 0 Å². The minimum atomic E-state index is -0.393. The number of carbonyl (C=O) groups is 3. The van der Waals surface area contributed by atoms with Gasteiger partial charge in [-0.3, -0.25) is 4.79 Å². The molecule has 0 heterocycles. The van der Waals surface area contributed by atoms with Crippen molar-refractivity contribution in [3.63, 3.8) is 0 Å². The average molecular weight is 473 g/mol. The highest BCUT2D eigenvalue weighted by atomic mass is 16.5. The Morgan fingerprint density at radius 3 is 1.17 bits per heavy atom. The lowest BCUT2D eigenvalue weighted by atomic mass is 10.1. The number of benzene rings is 4. The fourth-order valence-corrected chi connectivity index (χ4v) is 2.94. The van der Waals surface area contributed by atoms with Crippen molar-refractivity contribution < 1.29 is 28.6 Å². The maximum absolute atomic E-state index is 11.0. The van der Waals surface area contributed by atoms with Crippen molar-refractivity contribution in [3.05, 3.63) is 114 Å². The lowest BCUT2D eigenvalue weighted by Gasteiger charge is -2.00. The van der Waals surface area contributed by atoms with Gasteiger partial charge in [-0.25, -0.2) is 9.59 Å². The van der Waals surface area contributed by atoms with Crippen molar-refractivity contribution in [1.82, 2.24) is 0 Å². The molecule has 0 bridgehead atoms. The molecule has 0 aromatic heterocycles. The standard InChI is InChI=1S/C10H10O3.C10H8.C9H10O3/c1-7(11)8-3-5-9(6-4-8)10(12)13-2;1-2-6-10-8-4-3-7-9(10)5-1;1-11-8-5-3-7(4-6-8)9(10)12-2/h3-6H,1-2H3;1-8H;3-6H,1-2H3. The van der Waals surface area contributed by atoms with Crippen LogP contribution < -0.4 is 4.74 Å². The Morgan fingerprint density at radius 1 is 0.514 bits per heavy atom. The van der Waals surface area contributed by atoms with E-state index >= 15 is 0 Å². The molecule has 0 amide bonds. The Kier molecular flexibility index (Phi) is 10.7. The van der Waals surface area contributed by atoms with Crippen LogP contribution in [0.3, 0.4) is 0 Å². The smallest absolute Gasteiger partial charge is 0.337 e. The Balaban J connectivity index is 0.000000186. The van der Waals surface area contributed by atoms with E-state index in [1.807, 2.05) is 0 Å². The van der Waals surface area contributed by atoms with Gasteiger partial charge >= 0.3 is 11.9 Å². The van der Waals surface area contributed by atoms with Crippen molar-refractivity contribution >= 4 is 28.5 Å². The summed E-state index contributed by atoms with van der Waals surface area (Å²) in [6.45, 7) is 1.48. The van der Waals surface area contributed by atoms with Gasteiger partial charge in [0.2, 0.25) is 0 Å². The molecule has 0 atom stereocenters. The Bertz CT molecular complexity index is 1180. The monoisotopic (exact) mass is 472 g/mol. The zero-order valence-corrected chi connectivity index (χ0v) is 20.2. The second-order valence-corrected chi connectivity index (χ2v) is 7.19. The van der Waals surface area contributed by atoms with Gasteiger partial charge < -0.3 is 14.2 Å². The number of ether oxygens (including phenoxy) is 3. The van der Waals surface area contributed by atoms with Gasteiger partial charge in [0.15, 0.2) is 5.78 Å². The molecule has 0 saturated heterocycles. The molecule has 0 N–H and O–H groups in total. The lowest BCUT2D eigenvalue weighted by molar-refractivity contribution is 0.0592. The van der Waals surface area contributed by atoms with Crippen LogP contribution in [-0.4, -0.2) is 39.1 Å². The fourth-order valence-electron chi connectivity index (χ4n) is 2.94. The van der Waals surface area contributed by atoms with Crippen LogP contribution in [0.25, 0.3) is 10.8 Å². The zero-order chi connectivity index (χ0) is 25.6. The summed E-state index contributed by atoms with van der Waals surface area (Å²) in [7, 11) is 4.25. The average Bonchev–Trinajstić information content (AvgIpc) is 2.93. The minimum absolute atomic E-state index is 0.0172. The Hall–Kier alpha value is -4.45. The molecule has 4 rings (SSSR count). The van der Waals surface area contributed by atoms with Gasteiger partial charge in [0.1, 0.15) is 5.75 Å². The van der Waals surface area contributed by atoms with E-state index in [0.717, 1.165) is 5.75 Å². The van der Waals surface area contributed by atoms with Crippen molar-refractivity contribution in [2.75, 3.05) is 21.3 Å². The summed E-state index contributed by atoms with van der Waals surface area (Å²) < 4.78 is 14.0. The van der Waals surface area contributed by atoms with Crippen molar-refractivity contribution in [3.8, 4) is 5.75 Å². The third-order valence-corrected chi connectivity index (χ3v) is 4.88. The van der Waals surface area contributed by atoms with Crippen LogP contribution >= 0.6 is 0 Å². The highest BCUT2D eigenvalue weighted by Crippen LogP contribution is 2.12. The molecule has 0 saturated carbocycles. The Morgan fingerprint density at radius 2 is 0.857 bits per heavy atom. The summed E-state index contributed by atoms with van der Waals surface area (Å²) in [6.07, 6.45) is 0. The number of hydrogen-bond donors (Lipinski definition) is 0. The first-order valence-corrected chi connectivity index (χ1v) is 10.7. The third kappa shape index (κ3) is 8.44. The number of carbonyl (C=O) groups excluding carboxylic acids is 3. The number of Topliss-reactive ketones (excluding diaryl/α,β-unsaturated/α-hetero) is 1. The van der Waals surface area contributed by atoms with E-state index in [0.29, 0.717) is 16.7 Å². The van der Waals surface area contributed by atoms with Crippen LogP contribution in [0.5, 0.6) is 5.75 Å². The molecule has 35 heavy (non-hydrogen) atoms. The molecule has 0 aliphatic heterocycles. The molecule has 180 valence electrons. The number of methoxy groups -OCH3 is 3. The highest BCUT2D eigenvalue weighted by molar-refractivity contribution is 5.96. The van der Waals surface area contributed by atoms with E-state index in [1.165, 1.54) is 31.9 Å². The molecule has 6 nitrogen and oxygen atoms in total. The number of esters is 2. The molecule has 0 spiro atoms. The SMILES string of the molecule is COC(=O)c1ccc(C(C)=O)cc1.COC(=O)c1ccc(OC)cc1.c1ccc2ccccc2c1. The minimum Gasteiger partial charge on any atom is -0.497 e. The lowest BCUT2D eigenvalue weighted by Crippen LogP contribution is -2.01. The molecule has 0 radical (unpaired) electrons. The van der Waals surface area contributed by atoms with Gasteiger partial charge in [-0.05, 0) is 54.1 Å².